The topological polar surface area (TPSA) is 0 Å². The van der Waals surface area contributed by atoms with Gasteiger partial charge in [-0.3, -0.25) is 0 Å². The van der Waals surface area contributed by atoms with Crippen molar-refractivity contribution in [2.75, 3.05) is 0 Å². The molecular weight excluding hydrogens is 257 g/mol. The Labute approximate surface area is 120 Å². The molecule has 0 saturated heterocycles. The third kappa shape index (κ3) is 8.40. The van der Waals surface area contributed by atoms with Crippen molar-refractivity contribution in [1.29, 1.82) is 0 Å². The first-order valence-electron chi connectivity index (χ1n) is 5.73. The molecule has 0 heterocycles. The zero-order valence-electron chi connectivity index (χ0n) is 10.1. The van der Waals surface area contributed by atoms with Crippen LogP contribution < -0.4 is 0 Å². The average molecular weight is 279 g/mol. The SMILES string of the molecule is CC1=CC[CH-]CC1.CC1=CC[CH-]CC1.[Y]. The van der Waals surface area contributed by atoms with E-state index < -0.39 is 0 Å². The van der Waals surface area contributed by atoms with Gasteiger partial charge in [-0.2, -0.15) is 25.7 Å². The molecule has 0 aromatic rings. The normalized spacial score (nSPS) is 20.1. The van der Waals surface area contributed by atoms with Crippen molar-refractivity contribution in [2.24, 2.45) is 0 Å². The molecule has 0 atom stereocenters. The van der Waals surface area contributed by atoms with Gasteiger partial charge in [0.1, 0.15) is 0 Å². The molecule has 0 N–H and O–H groups in total. The minimum absolute atomic E-state index is 0. The molecule has 2 rings (SSSR count). The van der Waals surface area contributed by atoms with Crippen LogP contribution in [0, 0.1) is 12.8 Å². The summed E-state index contributed by atoms with van der Waals surface area (Å²) in [6.45, 7) is 4.40. The van der Waals surface area contributed by atoms with Gasteiger partial charge in [0.05, 0.1) is 0 Å². The fourth-order valence-electron chi connectivity index (χ4n) is 1.67. The van der Waals surface area contributed by atoms with Crippen LogP contribution >= 0.6 is 0 Å². The molecule has 0 aliphatic heterocycles. The first-order valence-corrected chi connectivity index (χ1v) is 5.73. The van der Waals surface area contributed by atoms with Crippen LogP contribution in [0.3, 0.4) is 0 Å². The average Bonchev–Trinajstić information content (AvgIpc) is 2.21. The molecule has 0 amide bonds. The maximum Gasteiger partial charge on any atom is 0 e. The minimum atomic E-state index is 0. The van der Waals surface area contributed by atoms with Crippen molar-refractivity contribution < 1.29 is 32.7 Å². The van der Waals surface area contributed by atoms with E-state index >= 15 is 0 Å². The molecule has 0 fully saturated rings. The first-order chi connectivity index (χ1) is 6.79. The van der Waals surface area contributed by atoms with E-state index in [4.69, 9.17) is 0 Å². The number of hydrogen-bond donors (Lipinski definition) is 0. The van der Waals surface area contributed by atoms with Crippen LogP contribution in [0.25, 0.3) is 0 Å². The summed E-state index contributed by atoms with van der Waals surface area (Å²) < 4.78 is 0. The molecule has 15 heavy (non-hydrogen) atoms. The van der Waals surface area contributed by atoms with E-state index in [0.717, 1.165) is 0 Å². The molecular formula is C14H22Y-2. The van der Waals surface area contributed by atoms with Crippen LogP contribution in [0.4, 0.5) is 0 Å². The Kier molecular flexibility index (Phi) is 10.2. The molecule has 83 valence electrons. The third-order valence-electron chi connectivity index (χ3n) is 2.75. The monoisotopic (exact) mass is 279 g/mol. The van der Waals surface area contributed by atoms with Gasteiger partial charge in [-0.15, -0.1) is 12.2 Å². The van der Waals surface area contributed by atoms with E-state index in [0.29, 0.717) is 0 Å². The molecule has 0 nitrogen and oxygen atoms in total. The largest absolute Gasteiger partial charge is 0.325 e. The Morgan fingerprint density at radius 2 is 1.27 bits per heavy atom. The zero-order chi connectivity index (χ0) is 10.2. The Morgan fingerprint density at radius 3 is 1.40 bits per heavy atom. The number of allylic oxidation sites excluding steroid dienone is 4. The van der Waals surface area contributed by atoms with Gasteiger partial charge in [0.15, 0.2) is 0 Å². The standard InChI is InChI=1S/2C7H11.Y/c2*1-7-5-3-2-4-6-7;/h2*2,5H,3-4,6H2,1H3;/q2*-1;. The second-order valence-electron chi connectivity index (χ2n) is 4.23. The summed E-state index contributed by atoms with van der Waals surface area (Å²) in [5.41, 5.74) is 3.12. The Morgan fingerprint density at radius 1 is 0.867 bits per heavy atom. The quantitative estimate of drug-likeness (QED) is 0.447. The van der Waals surface area contributed by atoms with Crippen molar-refractivity contribution in [2.45, 2.75) is 52.4 Å². The molecule has 0 saturated carbocycles. The zero-order valence-corrected chi connectivity index (χ0v) is 13.0. The minimum Gasteiger partial charge on any atom is -0.325 e. The first kappa shape index (κ1) is 15.6. The van der Waals surface area contributed by atoms with Crippen LogP contribution in [0.5, 0.6) is 0 Å². The van der Waals surface area contributed by atoms with Gasteiger partial charge >= 0.3 is 0 Å². The third-order valence-corrected chi connectivity index (χ3v) is 2.75. The van der Waals surface area contributed by atoms with Gasteiger partial charge in [0, 0.05) is 32.7 Å². The Bertz CT molecular complexity index is 189. The van der Waals surface area contributed by atoms with E-state index in [9.17, 15) is 0 Å². The van der Waals surface area contributed by atoms with Crippen molar-refractivity contribution in [3.8, 4) is 0 Å². The van der Waals surface area contributed by atoms with Crippen molar-refractivity contribution in [3.63, 3.8) is 0 Å². The molecule has 2 aliphatic rings. The van der Waals surface area contributed by atoms with E-state index in [-0.39, 0.29) is 32.7 Å². The van der Waals surface area contributed by atoms with Crippen molar-refractivity contribution in [3.05, 3.63) is 36.1 Å². The summed E-state index contributed by atoms with van der Waals surface area (Å²) in [7, 11) is 0. The van der Waals surface area contributed by atoms with Crippen LogP contribution in [-0.2, 0) is 32.7 Å². The molecule has 0 unspecified atom stereocenters. The second kappa shape index (κ2) is 9.78. The predicted molar refractivity (Wildman–Crippen MR) is 63.8 cm³/mol. The molecule has 0 spiro atoms. The van der Waals surface area contributed by atoms with Gasteiger partial charge < -0.3 is 12.8 Å². The van der Waals surface area contributed by atoms with Crippen LogP contribution in [0.1, 0.15) is 52.4 Å². The van der Waals surface area contributed by atoms with Gasteiger partial charge in [0.2, 0.25) is 0 Å². The van der Waals surface area contributed by atoms with Crippen LogP contribution in [0.15, 0.2) is 23.3 Å². The van der Waals surface area contributed by atoms with E-state index in [1.54, 1.807) is 11.1 Å². The maximum atomic E-state index is 2.33. The van der Waals surface area contributed by atoms with E-state index in [1.807, 2.05) is 0 Å². The summed E-state index contributed by atoms with van der Waals surface area (Å²) in [4.78, 5) is 0. The molecule has 0 aromatic heterocycles. The van der Waals surface area contributed by atoms with Gasteiger partial charge in [-0.25, -0.2) is 0 Å². The summed E-state index contributed by atoms with van der Waals surface area (Å²) >= 11 is 0. The fourth-order valence-corrected chi connectivity index (χ4v) is 1.67. The van der Waals surface area contributed by atoms with E-state index in [1.165, 1.54) is 38.5 Å². The summed E-state index contributed by atoms with van der Waals surface area (Å²) in [5.74, 6) is 0. The van der Waals surface area contributed by atoms with Crippen LogP contribution in [-0.4, -0.2) is 0 Å². The Balaban J connectivity index is 0.000000245. The van der Waals surface area contributed by atoms with Crippen LogP contribution in [0.2, 0.25) is 0 Å². The molecule has 0 bridgehead atoms. The fraction of sp³-hybridized carbons (Fsp3) is 0.571. The summed E-state index contributed by atoms with van der Waals surface area (Å²) in [5, 5.41) is 0. The van der Waals surface area contributed by atoms with Gasteiger partial charge in [-0.05, 0) is 13.8 Å². The predicted octanol–water partition coefficient (Wildman–Crippen LogP) is 4.64. The molecule has 1 radical (unpaired) electrons. The Hall–Kier alpha value is 0.584. The molecule has 2 aliphatic carbocycles. The molecule has 1 heteroatoms. The van der Waals surface area contributed by atoms with Crippen molar-refractivity contribution >= 4 is 0 Å². The van der Waals surface area contributed by atoms with Gasteiger partial charge in [0.25, 0.3) is 0 Å². The molecule has 0 aromatic carbocycles. The maximum absolute atomic E-state index is 2.33. The second-order valence-corrected chi connectivity index (χ2v) is 4.23. The number of hydrogen-bond acceptors (Lipinski definition) is 0. The smallest absolute Gasteiger partial charge is 0 e. The number of rotatable bonds is 0. The van der Waals surface area contributed by atoms with E-state index in [2.05, 4.69) is 38.8 Å². The summed E-state index contributed by atoms with van der Waals surface area (Å²) in [6, 6.07) is 0. The summed E-state index contributed by atoms with van der Waals surface area (Å²) in [6.07, 6.45) is 16.8. The van der Waals surface area contributed by atoms with Gasteiger partial charge in [-0.1, -0.05) is 24.0 Å². The van der Waals surface area contributed by atoms with Crippen molar-refractivity contribution in [1.82, 2.24) is 0 Å².